The molecular formula is C22H27BrF2N6O3S2Si. The maximum atomic E-state index is 13.9. The second-order valence-electron chi connectivity index (χ2n) is 10.0. The van der Waals surface area contributed by atoms with E-state index in [0.29, 0.717) is 52.7 Å². The molecule has 2 heterocycles. The van der Waals surface area contributed by atoms with Gasteiger partial charge in [-0.2, -0.15) is 5.10 Å². The fourth-order valence-corrected chi connectivity index (χ4v) is 7.73. The molecule has 37 heavy (non-hydrogen) atoms. The van der Waals surface area contributed by atoms with Gasteiger partial charge in [-0.05, 0) is 41.0 Å². The van der Waals surface area contributed by atoms with Crippen molar-refractivity contribution in [2.75, 3.05) is 13.3 Å². The molecule has 0 atom stereocenters. The number of alkyl halides is 2. The zero-order valence-electron chi connectivity index (χ0n) is 20.8. The standard InChI is InChI=1S/C22H27BrF2N6O3S2Si/c1-6-30-18-15(17(29-30)20-27-28-21(35-20)19(24)25)11-14(12-16(18)23)36(32,33)31(22(26-2)7-8-22)13-34-9-10-37(3,4)5/h11-12,19H,6-10,13H2,1,3-5H3. The first-order valence-electron chi connectivity index (χ1n) is 11.6. The van der Waals surface area contributed by atoms with Gasteiger partial charge >= 0.3 is 5.66 Å². The van der Waals surface area contributed by atoms with Crippen molar-refractivity contribution in [3.05, 3.63) is 33.0 Å². The smallest absolute Gasteiger partial charge is 0.303 e. The highest BCUT2D eigenvalue weighted by atomic mass is 79.9. The fraction of sp³-hybridized carbons (Fsp3) is 0.545. The Bertz CT molecular complexity index is 1460. The van der Waals surface area contributed by atoms with Gasteiger partial charge in [0.25, 0.3) is 16.4 Å². The number of rotatable bonds is 11. The molecule has 0 radical (unpaired) electrons. The van der Waals surface area contributed by atoms with E-state index < -0.39 is 35.2 Å². The van der Waals surface area contributed by atoms with E-state index in [1.807, 2.05) is 6.92 Å². The molecule has 1 aliphatic carbocycles. The van der Waals surface area contributed by atoms with Gasteiger partial charge in [0.2, 0.25) is 0 Å². The second kappa shape index (κ2) is 10.4. The monoisotopic (exact) mass is 632 g/mol. The molecule has 200 valence electrons. The van der Waals surface area contributed by atoms with Gasteiger partial charge in [-0.1, -0.05) is 35.3 Å². The van der Waals surface area contributed by atoms with Crippen molar-refractivity contribution < 1.29 is 21.9 Å². The van der Waals surface area contributed by atoms with E-state index >= 15 is 0 Å². The summed E-state index contributed by atoms with van der Waals surface area (Å²) in [5.41, 5.74) is -0.293. The molecule has 2 aromatic heterocycles. The van der Waals surface area contributed by atoms with Gasteiger partial charge in [-0.15, -0.1) is 10.2 Å². The van der Waals surface area contributed by atoms with Gasteiger partial charge in [0, 0.05) is 31.1 Å². The van der Waals surface area contributed by atoms with Crippen molar-refractivity contribution in [3.8, 4) is 10.7 Å². The molecule has 0 unspecified atom stereocenters. The van der Waals surface area contributed by atoms with E-state index in [0.717, 1.165) is 10.3 Å². The minimum atomic E-state index is -4.16. The molecule has 0 aliphatic heterocycles. The Balaban J connectivity index is 1.78. The third-order valence-corrected chi connectivity index (χ3v) is 11.2. The molecule has 1 fully saturated rings. The van der Waals surface area contributed by atoms with Gasteiger partial charge in [0.05, 0.1) is 23.3 Å². The average Bonchev–Trinajstić information content (AvgIpc) is 3.27. The lowest BCUT2D eigenvalue weighted by Gasteiger charge is -2.24. The Kier molecular flexibility index (Phi) is 7.91. The van der Waals surface area contributed by atoms with Crippen LogP contribution in [0.4, 0.5) is 8.78 Å². The van der Waals surface area contributed by atoms with Crippen LogP contribution in [0.2, 0.25) is 25.7 Å². The lowest BCUT2D eigenvalue weighted by atomic mass is 10.2. The topological polar surface area (TPSA) is 94.6 Å². The summed E-state index contributed by atoms with van der Waals surface area (Å²) >= 11 is 4.19. The molecule has 0 saturated heterocycles. The summed E-state index contributed by atoms with van der Waals surface area (Å²) in [4.78, 5) is 3.60. The molecule has 1 saturated carbocycles. The number of ether oxygens (including phenoxy) is 1. The minimum Gasteiger partial charge on any atom is -0.365 e. The molecule has 3 aromatic rings. The zero-order valence-corrected chi connectivity index (χ0v) is 25.1. The number of benzene rings is 1. The van der Waals surface area contributed by atoms with Crippen LogP contribution in [0.15, 0.2) is 21.5 Å². The highest BCUT2D eigenvalue weighted by molar-refractivity contribution is 9.10. The fourth-order valence-electron chi connectivity index (χ4n) is 3.79. The number of hydrogen-bond acceptors (Lipinski definition) is 7. The maximum Gasteiger partial charge on any atom is 0.303 e. The Morgan fingerprint density at radius 3 is 2.57 bits per heavy atom. The Morgan fingerprint density at radius 1 is 1.32 bits per heavy atom. The average molecular weight is 634 g/mol. The lowest BCUT2D eigenvalue weighted by molar-refractivity contribution is 0.0642. The first kappa shape index (κ1) is 28.2. The Morgan fingerprint density at radius 2 is 2.03 bits per heavy atom. The molecule has 0 bridgehead atoms. The van der Waals surface area contributed by atoms with Crippen LogP contribution < -0.4 is 0 Å². The molecule has 15 heteroatoms. The molecule has 1 aliphatic rings. The number of sulfonamides is 1. The number of fused-ring (bicyclic) bond motifs is 1. The van der Waals surface area contributed by atoms with Gasteiger partial charge < -0.3 is 4.74 Å². The third kappa shape index (κ3) is 5.64. The quantitative estimate of drug-likeness (QED) is 0.112. The maximum absolute atomic E-state index is 13.9. The van der Waals surface area contributed by atoms with Gasteiger partial charge in [0.1, 0.15) is 12.4 Å². The largest absolute Gasteiger partial charge is 0.365 e. The van der Waals surface area contributed by atoms with E-state index in [1.54, 1.807) is 4.68 Å². The molecule has 0 amide bonds. The first-order valence-corrected chi connectivity index (χ1v) is 18.4. The number of aromatic nitrogens is 4. The van der Waals surface area contributed by atoms with Crippen LogP contribution in [-0.4, -0.2) is 59.8 Å². The summed E-state index contributed by atoms with van der Waals surface area (Å²) in [5.74, 6) is 0. The summed E-state index contributed by atoms with van der Waals surface area (Å²) in [6, 6.07) is 3.81. The van der Waals surface area contributed by atoms with Gasteiger partial charge in [0.15, 0.2) is 10.0 Å². The van der Waals surface area contributed by atoms with Gasteiger partial charge in [-0.25, -0.2) is 23.8 Å². The van der Waals surface area contributed by atoms with E-state index in [4.69, 9.17) is 11.3 Å². The van der Waals surface area contributed by atoms with Crippen LogP contribution in [0.3, 0.4) is 0 Å². The van der Waals surface area contributed by atoms with Crippen molar-refractivity contribution in [1.29, 1.82) is 0 Å². The van der Waals surface area contributed by atoms with Crippen molar-refractivity contribution in [2.45, 2.75) is 69.0 Å². The van der Waals surface area contributed by atoms with E-state index in [-0.39, 0.29) is 22.3 Å². The first-order chi connectivity index (χ1) is 17.3. The number of nitrogens with zero attached hydrogens (tertiary/aromatic N) is 6. The summed E-state index contributed by atoms with van der Waals surface area (Å²) in [5, 5.41) is 12.1. The minimum absolute atomic E-state index is 0.0499. The molecule has 4 rings (SSSR count). The van der Waals surface area contributed by atoms with Crippen molar-refractivity contribution in [1.82, 2.24) is 24.3 Å². The zero-order chi connectivity index (χ0) is 27.2. The van der Waals surface area contributed by atoms with E-state index in [9.17, 15) is 17.2 Å². The van der Waals surface area contributed by atoms with E-state index in [2.05, 4.69) is 55.7 Å². The number of aryl methyl sites for hydroxylation is 1. The number of halogens is 3. The van der Waals surface area contributed by atoms with Crippen LogP contribution in [0.5, 0.6) is 0 Å². The van der Waals surface area contributed by atoms with Crippen LogP contribution in [0, 0.1) is 6.57 Å². The third-order valence-electron chi connectivity index (χ3n) is 6.06. The second-order valence-corrected chi connectivity index (χ2v) is 19.4. The summed E-state index contributed by atoms with van der Waals surface area (Å²) in [6.07, 6.45) is -1.92. The number of hydrogen-bond donors (Lipinski definition) is 0. The normalized spacial score (nSPS) is 15.6. The molecular weight excluding hydrogens is 606 g/mol. The Hall–Kier alpha value is -1.83. The Labute approximate surface area is 227 Å². The van der Waals surface area contributed by atoms with Crippen molar-refractivity contribution in [2.24, 2.45) is 0 Å². The molecule has 0 spiro atoms. The highest BCUT2D eigenvalue weighted by Crippen LogP contribution is 2.47. The highest BCUT2D eigenvalue weighted by Gasteiger charge is 2.61. The lowest BCUT2D eigenvalue weighted by Crippen LogP contribution is -2.42. The summed E-state index contributed by atoms with van der Waals surface area (Å²) in [7, 11) is -5.54. The van der Waals surface area contributed by atoms with Crippen molar-refractivity contribution in [3.63, 3.8) is 0 Å². The van der Waals surface area contributed by atoms with Crippen LogP contribution >= 0.6 is 27.3 Å². The molecule has 0 N–H and O–H groups in total. The van der Waals surface area contributed by atoms with Crippen LogP contribution in [0.25, 0.3) is 26.4 Å². The summed E-state index contributed by atoms with van der Waals surface area (Å²) in [6.45, 7) is 16.8. The molecule has 9 nitrogen and oxygen atoms in total. The van der Waals surface area contributed by atoms with Gasteiger partial charge in [-0.3, -0.25) is 9.53 Å². The molecule has 1 aromatic carbocycles. The SMILES string of the molecule is [C-]#[N+]C1(N(COCC[Si](C)(C)C)S(=O)(=O)c2cc(Br)c3c(c2)c(-c2nnc(C(F)F)s2)nn3CC)CC1. The summed E-state index contributed by atoms with van der Waals surface area (Å²) < 4.78 is 63.2. The predicted octanol–water partition coefficient (Wildman–Crippen LogP) is 5.99. The van der Waals surface area contributed by atoms with Crippen LogP contribution in [-0.2, 0) is 21.3 Å². The van der Waals surface area contributed by atoms with Crippen molar-refractivity contribution >= 4 is 56.3 Å². The van der Waals surface area contributed by atoms with E-state index in [1.165, 1.54) is 12.1 Å². The van der Waals surface area contributed by atoms with Crippen LogP contribution in [0.1, 0.15) is 31.2 Å². The predicted molar refractivity (Wildman–Crippen MR) is 144 cm³/mol.